The van der Waals surface area contributed by atoms with E-state index in [0.29, 0.717) is 22.7 Å². The summed E-state index contributed by atoms with van der Waals surface area (Å²) >= 11 is 0. The standard InChI is InChI=1S/C17H15N3O5/c1-10-6-7-11(8-13(10)20(23)24)18-16(21)9-15-17(22)19-12-4-2-3-5-14(12)25-15/h2-8,15H,9H2,1H3,(H,18,21)(H,19,22). The molecule has 2 N–H and O–H groups in total. The van der Waals surface area contributed by atoms with Crippen LogP contribution in [-0.2, 0) is 9.59 Å². The van der Waals surface area contributed by atoms with Gasteiger partial charge < -0.3 is 15.4 Å². The van der Waals surface area contributed by atoms with E-state index in [-0.39, 0.29) is 12.1 Å². The molecule has 8 nitrogen and oxygen atoms in total. The Kier molecular flexibility index (Phi) is 4.34. The number of nitrogens with one attached hydrogen (secondary N) is 2. The van der Waals surface area contributed by atoms with Crippen LogP contribution in [0.1, 0.15) is 12.0 Å². The summed E-state index contributed by atoms with van der Waals surface area (Å²) in [6.07, 6.45) is -1.17. The molecule has 1 atom stereocenters. The first-order chi connectivity index (χ1) is 11.9. The first-order valence-corrected chi connectivity index (χ1v) is 7.55. The van der Waals surface area contributed by atoms with Crippen LogP contribution in [0.3, 0.4) is 0 Å². The quantitative estimate of drug-likeness (QED) is 0.656. The highest BCUT2D eigenvalue weighted by Gasteiger charge is 2.29. The fraction of sp³-hybridized carbons (Fsp3) is 0.176. The van der Waals surface area contributed by atoms with Gasteiger partial charge >= 0.3 is 0 Å². The summed E-state index contributed by atoms with van der Waals surface area (Å²) in [6.45, 7) is 1.61. The van der Waals surface area contributed by atoms with Crippen LogP contribution in [0.25, 0.3) is 0 Å². The first kappa shape index (κ1) is 16.4. The Morgan fingerprint density at radius 2 is 2.08 bits per heavy atom. The number of nitro benzene ring substituents is 1. The van der Waals surface area contributed by atoms with Gasteiger partial charge in [-0.05, 0) is 25.1 Å². The number of nitro groups is 1. The molecule has 8 heteroatoms. The topological polar surface area (TPSA) is 111 Å². The number of ether oxygens (including phenoxy) is 1. The third-order valence-electron chi connectivity index (χ3n) is 3.77. The van der Waals surface area contributed by atoms with Gasteiger partial charge in [-0.3, -0.25) is 19.7 Å². The Morgan fingerprint density at radius 3 is 2.84 bits per heavy atom. The number of amides is 2. The van der Waals surface area contributed by atoms with E-state index in [0.717, 1.165) is 0 Å². The van der Waals surface area contributed by atoms with Crippen molar-refractivity contribution >= 4 is 28.9 Å². The summed E-state index contributed by atoms with van der Waals surface area (Å²) in [5, 5.41) is 16.2. The van der Waals surface area contributed by atoms with Crippen molar-refractivity contribution < 1.29 is 19.2 Å². The van der Waals surface area contributed by atoms with E-state index < -0.39 is 22.8 Å². The molecule has 1 unspecified atom stereocenters. The van der Waals surface area contributed by atoms with E-state index in [1.807, 2.05) is 0 Å². The van der Waals surface area contributed by atoms with E-state index in [9.17, 15) is 19.7 Å². The van der Waals surface area contributed by atoms with Crippen molar-refractivity contribution in [1.82, 2.24) is 0 Å². The number of benzene rings is 2. The lowest BCUT2D eigenvalue weighted by Gasteiger charge is -2.25. The van der Waals surface area contributed by atoms with Gasteiger partial charge in [-0.2, -0.15) is 0 Å². The molecule has 1 aliphatic rings. The smallest absolute Gasteiger partial charge is 0.274 e. The van der Waals surface area contributed by atoms with E-state index in [1.54, 1.807) is 43.3 Å². The SMILES string of the molecule is Cc1ccc(NC(=O)CC2Oc3ccccc3NC2=O)cc1[N+](=O)[O-]. The van der Waals surface area contributed by atoms with Gasteiger partial charge in [0.25, 0.3) is 11.6 Å². The van der Waals surface area contributed by atoms with Gasteiger partial charge in [-0.25, -0.2) is 0 Å². The number of carbonyl (C=O) groups is 2. The molecule has 0 radical (unpaired) electrons. The van der Waals surface area contributed by atoms with E-state index in [4.69, 9.17) is 4.74 Å². The van der Waals surface area contributed by atoms with Crippen molar-refractivity contribution in [2.45, 2.75) is 19.4 Å². The normalized spacial score (nSPS) is 15.6. The predicted octanol–water partition coefficient (Wildman–Crippen LogP) is 2.63. The van der Waals surface area contributed by atoms with Crippen molar-refractivity contribution in [2.24, 2.45) is 0 Å². The molecule has 25 heavy (non-hydrogen) atoms. The van der Waals surface area contributed by atoms with Gasteiger partial charge in [0.15, 0.2) is 6.10 Å². The summed E-state index contributed by atoms with van der Waals surface area (Å²) in [6, 6.07) is 11.3. The van der Waals surface area contributed by atoms with Crippen LogP contribution >= 0.6 is 0 Å². The molecule has 0 aliphatic carbocycles. The van der Waals surface area contributed by atoms with Crippen LogP contribution in [0.4, 0.5) is 17.1 Å². The highest BCUT2D eigenvalue weighted by atomic mass is 16.6. The number of rotatable bonds is 4. The van der Waals surface area contributed by atoms with Crippen LogP contribution in [-0.4, -0.2) is 22.8 Å². The largest absolute Gasteiger partial charge is 0.478 e. The molecule has 2 amide bonds. The summed E-state index contributed by atoms with van der Waals surface area (Å²) in [5.74, 6) is -0.396. The minimum absolute atomic E-state index is 0.0848. The molecule has 1 aliphatic heterocycles. The zero-order valence-electron chi connectivity index (χ0n) is 13.3. The number of nitrogens with zero attached hydrogens (tertiary/aromatic N) is 1. The average molecular weight is 341 g/mol. The number of fused-ring (bicyclic) bond motifs is 1. The maximum atomic E-state index is 12.2. The lowest BCUT2D eigenvalue weighted by atomic mass is 10.1. The molecule has 0 saturated carbocycles. The van der Waals surface area contributed by atoms with Gasteiger partial charge in [0, 0.05) is 17.3 Å². The molecule has 2 aromatic carbocycles. The van der Waals surface area contributed by atoms with Crippen LogP contribution in [0, 0.1) is 17.0 Å². The Hall–Kier alpha value is -3.42. The summed E-state index contributed by atoms with van der Waals surface area (Å²) in [4.78, 5) is 34.6. The molecule has 3 rings (SSSR count). The minimum atomic E-state index is -0.963. The Balaban J connectivity index is 1.68. The first-order valence-electron chi connectivity index (χ1n) is 7.55. The van der Waals surface area contributed by atoms with Crippen LogP contribution in [0.5, 0.6) is 5.75 Å². The molecule has 2 aromatic rings. The minimum Gasteiger partial charge on any atom is -0.478 e. The maximum absolute atomic E-state index is 12.2. The Labute approximate surface area is 142 Å². The Bertz CT molecular complexity index is 865. The number of hydrogen-bond acceptors (Lipinski definition) is 5. The highest BCUT2D eigenvalue weighted by Crippen LogP contribution is 2.30. The summed E-state index contributed by atoms with van der Waals surface area (Å²) in [5.41, 5.74) is 1.25. The van der Waals surface area contributed by atoms with Gasteiger partial charge in [0.05, 0.1) is 17.0 Å². The monoisotopic (exact) mass is 341 g/mol. The Morgan fingerprint density at radius 1 is 1.32 bits per heavy atom. The molecule has 0 spiro atoms. The average Bonchev–Trinajstić information content (AvgIpc) is 2.57. The van der Waals surface area contributed by atoms with E-state index in [1.165, 1.54) is 6.07 Å². The lowest BCUT2D eigenvalue weighted by molar-refractivity contribution is -0.385. The second-order valence-corrected chi connectivity index (χ2v) is 5.60. The van der Waals surface area contributed by atoms with E-state index >= 15 is 0 Å². The highest BCUT2D eigenvalue weighted by molar-refractivity contribution is 6.02. The number of carbonyl (C=O) groups excluding carboxylic acids is 2. The molecular weight excluding hydrogens is 326 g/mol. The summed E-state index contributed by atoms with van der Waals surface area (Å²) in [7, 11) is 0. The second-order valence-electron chi connectivity index (χ2n) is 5.60. The lowest BCUT2D eigenvalue weighted by Crippen LogP contribution is -2.39. The van der Waals surface area contributed by atoms with Gasteiger partial charge in [-0.15, -0.1) is 0 Å². The van der Waals surface area contributed by atoms with Crippen molar-refractivity contribution in [3.05, 3.63) is 58.1 Å². The zero-order valence-corrected chi connectivity index (χ0v) is 13.3. The van der Waals surface area contributed by atoms with Gasteiger partial charge in [0.1, 0.15) is 5.75 Å². The van der Waals surface area contributed by atoms with Crippen LogP contribution in [0.15, 0.2) is 42.5 Å². The predicted molar refractivity (Wildman–Crippen MR) is 90.6 cm³/mol. The van der Waals surface area contributed by atoms with Crippen molar-refractivity contribution in [3.8, 4) is 5.75 Å². The third kappa shape index (κ3) is 3.57. The fourth-order valence-electron chi connectivity index (χ4n) is 2.49. The number of para-hydroxylation sites is 2. The third-order valence-corrected chi connectivity index (χ3v) is 3.77. The maximum Gasteiger partial charge on any atom is 0.274 e. The fourth-order valence-corrected chi connectivity index (χ4v) is 2.49. The number of hydrogen-bond donors (Lipinski definition) is 2. The number of anilines is 2. The zero-order chi connectivity index (χ0) is 18.0. The molecule has 128 valence electrons. The van der Waals surface area contributed by atoms with Crippen molar-refractivity contribution in [3.63, 3.8) is 0 Å². The van der Waals surface area contributed by atoms with Crippen molar-refractivity contribution in [2.75, 3.05) is 10.6 Å². The van der Waals surface area contributed by atoms with Crippen molar-refractivity contribution in [1.29, 1.82) is 0 Å². The molecule has 0 bridgehead atoms. The molecule has 1 heterocycles. The van der Waals surface area contributed by atoms with Gasteiger partial charge in [-0.1, -0.05) is 18.2 Å². The second kappa shape index (κ2) is 6.60. The molecular formula is C17H15N3O5. The van der Waals surface area contributed by atoms with Crippen LogP contribution < -0.4 is 15.4 Å². The molecule has 0 aromatic heterocycles. The van der Waals surface area contributed by atoms with Gasteiger partial charge in [0.2, 0.25) is 5.91 Å². The van der Waals surface area contributed by atoms with Crippen LogP contribution in [0.2, 0.25) is 0 Å². The summed E-state index contributed by atoms with van der Waals surface area (Å²) < 4.78 is 5.55. The molecule has 0 saturated heterocycles. The number of aryl methyl sites for hydroxylation is 1. The molecule has 0 fully saturated rings. The van der Waals surface area contributed by atoms with E-state index in [2.05, 4.69) is 10.6 Å².